The molecule has 0 aliphatic carbocycles. The van der Waals surface area contributed by atoms with Crippen LogP contribution in [0, 0.1) is 13.8 Å². The van der Waals surface area contributed by atoms with Crippen LogP contribution >= 0.6 is 0 Å². The molecule has 1 atom stereocenters. The highest BCUT2D eigenvalue weighted by Crippen LogP contribution is 2.20. The van der Waals surface area contributed by atoms with Crippen LogP contribution in [0.5, 0.6) is 0 Å². The van der Waals surface area contributed by atoms with Crippen molar-refractivity contribution in [3.63, 3.8) is 0 Å². The Balaban J connectivity index is 1.64. The van der Waals surface area contributed by atoms with Gasteiger partial charge in [0.05, 0.1) is 31.0 Å². The Morgan fingerprint density at radius 3 is 2.88 bits per heavy atom. The van der Waals surface area contributed by atoms with E-state index in [2.05, 4.69) is 28.1 Å². The number of anilines is 1. The normalized spacial score (nSPS) is 17.3. The van der Waals surface area contributed by atoms with Crippen LogP contribution in [-0.2, 0) is 11.3 Å². The van der Waals surface area contributed by atoms with Gasteiger partial charge in [0.2, 0.25) is 5.91 Å². The molecule has 0 spiro atoms. The van der Waals surface area contributed by atoms with Crippen LogP contribution in [0.3, 0.4) is 0 Å². The van der Waals surface area contributed by atoms with Crippen LogP contribution in [-0.4, -0.2) is 56.7 Å². The number of likely N-dealkylation sites (N-methyl/N-ethyl adjacent to an activating group) is 1. The van der Waals surface area contributed by atoms with Crippen molar-refractivity contribution in [2.75, 3.05) is 25.0 Å². The average molecular weight is 328 g/mol. The van der Waals surface area contributed by atoms with E-state index in [0.29, 0.717) is 12.4 Å². The summed E-state index contributed by atoms with van der Waals surface area (Å²) in [6, 6.07) is 2.29. The minimum absolute atomic E-state index is 0.132. The molecule has 128 valence electrons. The smallest absolute Gasteiger partial charge is 0.242 e. The van der Waals surface area contributed by atoms with Gasteiger partial charge in [-0.15, -0.1) is 0 Å². The highest BCUT2D eigenvalue weighted by atomic mass is 16.2. The third kappa shape index (κ3) is 3.55. The topological polar surface area (TPSA) is 67.2 Å². The molecule has 24 heavy (non-hydrogen) atoms. The lowest BCUT2D eigenvalue weighted by Gasteiger charge is -2.27. The second-order valence-corrected chi connectivity index (χ2v) is 6.41. The number of aryl methyl sites for hydroxylation is 2. The molecule has 1 saturated heterocycles. The fraction of sp³-hybridized carbons (Fsp3) is 0.529. The van der Waals surface area contributed by atoms with Gasteiger partial charge in [0.25, 0.3) is 0 Å². The lowest BCUT2D eigenvalue weighted by Crippen LogP contribution is -2.43. The van der Waals surface area contributed by atoms with Gasteiger partial charge in [-0.2, -0.15) is 5.10 Å². The maximum Gasteiger partial charge on any atom is 0.242 e. The Bertz CT molecular complexity index is 698. The number of carbonyl (C=O) groups excluding carboxylic acids is 1. The van der Waals surface area contributed by atoms with Gasteiger partial charge < -0.3 is 9.80 Å². The highest BCUT2D eigenvalue weighted by Gasteiger charge is 2.30. The number of carbonyl (C=O) groups is 1. The van der Waals surface area contributed by atoms with Crippen LogP contribution < -0.4 is 4.90 Å². The van der Waals surface area contributed by atoms with E-state index in [1.165, 1.54) is 0 Å². The molecule has 1 fully saturated rings. The van der Waals surface area contributed by atoms with Crippen LogP contribution in [0.2, 0.25) is 0 Å². The maximum absolute atomic E-state index is 12.7. The SMILES string of the molecule is Cc1cc(C)n(C[C@H]2CCCN2C(=O)CN(C)c2cnccn2)n1. The molecule has 1 amide bonds. The van der Waals surface area contributed by atoms with Gasteiger partial charge in [-0.3, -0.25) is 14.5 Å². The van der Waals surface area contributed by atoms with E-state index in [1.54, 1.807) is 18.6 Å². The Hall–Kier alpha value is -2.44. The van der Waals surface area contributed by atoms with Gasteiger partial charge in [0, 0.05) is 31.7 Å². The van der Waals surface area contributed by atoms with E-state index in [9.17, 15) is 4.79 Å². The van der Waals surface area contributed by atoms with Crippen molar-refractivity contribution in [3.05, 3.63) is 36.0 Å². The molecule has 0 radical (unpaired) electrons. The molecule has 3 rings (SSSR count). The van der Waals surface area contributed by atoms with Gasteiger partial charge in [-0.25, -0.2) is 4.98 Å². The van der Waals surface area contributed by atoms with Crippen LogP contribution in [0.15, 0.2) is 24.7 Å². The number of aromatic nitrogens is 4. The van der Waals surface area contributed by atoms with Crippen LogP contribution in [0.25, 0.3) is 0 Å². The quantitative estimate of drug-likeness (QED) is 0.830. The molecule has 0 saturated carbocycles. The van der Waals surface area contributed by atoms with Crippen LogP contribution in [0.1, 0.15) is 24.2 Å². The number of nitrogens with zero attached hydrogens (tertiary/aromatic N) is 6. The van der Waals surface area contributed by atoms with E-state index < -0.39 is 0 Å². The standard InChI is InChI=1S/C17H24N6O/c1-13-9-14(2)23(20-13)11-15-5-4-8-22(15)17(24)12-21(3)16-10-18-6-7-19-16/h6-7,9-10,15H,4-5,8,11-12H2,1-3H3/t15-/m1/s1. The van der Waals surface area contributed by atoms with E-state index in [-0.39, 0.29) is 11.9 Å². The first kappa shape index (κ1) is 16.4. The Morgan fingerprint density at radius 1 is 1.38 bits per heavy atom. The molecule has 2 aromatic heterocycles. The fourth-order valence-electron chi connectivity index (χ4n) is 3.28. The van der Waals surface area contributed by atoms with Crippen molar-refractivity contribution < 1.29 is 4.79 Å². The van der Waals surface area contributed by atoms with Gasteiger partial charge >= 0.3 is 0 Å². The van der Waals surface area contributed by atoms with Gasteiger partial charge in [-0.05, 0) is 32.8 Å². The number of likely N-dealkylation sites (tertiary alicyclic amines) is 1. The third-order valence-corrected chi connectivity index (χ3v) is 4.50. The van der Waals surface area contributed by atoms with Crippen molar-refractivity contribution in [3.8, 4) is 0 Å². The van der Waals surface area contributed by atoms with Gasteiger partial charge in [0.15, 0.2) is 0 Å². The molecule has 1 aliphatic rings. The minimum atomic E-state index is 0.132. The predicted octanol–water partition coefficient (Wildman–Crippen LogP) is 1.42. The number of hydrogen-bond acceptors (Lipinski definition) is 5. The van der Waals surface area contributed by atoms with Gasteiger partial charge in [-0.1, -0.05) is 0 Å². The summed E-state index contributed by atoms with van der Waals surface area (Å²) in [7, 11) is 1.87. The molecule has 0 N–H and O–H groups in total. The second kappa shape index (κ2) is 6.98. The summed E-state index contributed by atoms with van der Waals surface area (Å²) in [6.07, 6.45) is 7.01. The predicted molar refractivity (Wildman–Crippen MR) is 91.7 cm³/mol. The van der Waals surface area contributed by atoms with E-state index >= 15 is 0 Å². The summed E-state index contributed by atoms with van der Waals surface area (Å²) < 4.78 is 2.01. The summed E-state index contributed by atoms with van der Waals surface area (Å²) >= 11 is 0. The monoisotopic (exact) mass is 328 g/mol. The van der Waals surface area contributed by atoms with E-state index in [4.69, 9.17) is 0 Å². The molecule has 0 bridgehead atoms. The first-order valence-electron chi connectivity index (χ1n) is 8.32. The zero-order valence-corrected chi connectivity index (χ0v) is 14.5. The minimum Gasteiger partial charge on any atom is -0.349 e. The first-order valence-corrected chi connectivity index (χ1v) is 8.32. The maximum atomic E-state index is 12.7. The first-order chi connectivity index (χ1) is 11.5. The highest BCUT2D eigenvalue weighted by molar-refractivity contribution is 5.81. The molecule has 3 heterocycles. The van der Waals surface area contributed by atoms with E-state index in [0.717, 1.165) is 37.3 Å². The van der Waals surface area contributed by atoms with Crippen LogP contribution in [0.4, 0.5) is 5.82 Å². The number of amides is 1. The number of rotatable bonds is 5. The number of hydrogen-bond donors (Lipinski definition) is 0. The third-order valence-electron chi connectivity index (χ3n) is 4.50. The molecule has 0 aromatic carbocycles. The van der Waals surface area contributed by atoms with E-state index in [1.807, 2.05) is 28.5 Å². The lowest BCUT2D eigenvalue weighted by atomic mass is 10.2. The zero-order chi connectivity index (χ0) is 17.1. The molecular weight excluding hydrogens is 304 g/mol. The summed E-state index contributed by atoms with van der Waals surface area (Å²) in [5.74, 6) is 0.840. The molecule has 0 unspecified atom stereocenters. The van der Waals surface area contributed by atoms with Crippen molar-refractivity contribution in [2.45, 2.75) is 39.3 Å². The van der Waals surface area contributed by atoms with Crippen molar-refractivity contribution in [1.82, 2.24) is 24.6 Å². The molecular formula is C17H24N6O. The molecule has 7 heteroatoms. The Labute approximate surface area is 142 Å². The molecule has 2 aromatic rings. The summed E-state index contributed by atoms with van der Waals surface area (Å²) in [5, 5.41) is 4.53. The fourth-order valence-corrected chi connectivity index (χ4v) is 3.28. The lowest BCUT2D eigenvalue weighted by molar-refractivity contribution is -0.130. The Morgan fingerprint density at radius 2 is 2.21 bits per heavy atom. The summed E-state index contributed by atoms with van der Waals surface area (Å²) in [4.78, 5) is 24.8. The zero-order valence-electron chi connectivity index (χ0n) is 14.5. The van der Waals surface area contributed by atoms with Crippen molar-refractivity contribution >= 4 is 11.7 Å². The van der Waals surface area contributed by atoms with Crippen molar-refractivity contribution in [2.24, 2.45) is 0 Å². The molecule has 1 aliphatic heterocycles. The largest absolute Gasteiger partial charge is 0.349 e. The second-order valence-electron chi connectivity index (χ2n) is 6.41. The summed E-state index contributed by atoms with van der Waals surface area (Å²) in [6.45, 7) is 5.95. The van der Waals surface area contributed by atoms with Crippen molar-refractivity contribution in [1.29, 1.82) is 0 Å². The molecule has 7 nitrogen and oxygen atoms in total. The average Bonchev–Trinajstić information content (AvgIpc) is 3.15. The summed E-state index contributed by atoms with van der Waals surface area (Å²) in [5.41, 5.74) is 2.16. The Kier molecular flexibility index (Phi) is 4.78. The van der Waals surface area contributed by atoms with Gasteiger partial charge in [0.1, 0.15) is 5.82 Å².